The van der Waals surface area contributed by atoms with Crippen molar-refractivity contribution in [2.75, 3.05) is 5.75 Å². The number of rotatable bonds is 3. The Morgan fingerprint density at radius 3 is 2.72 bits per heavy atom. The summed E-state index contributed by atoms with van der Waals surface area (Å²) in [4.78, 5) is 4.45. The number of aryl methyl sites for hydroxylation is 1. The molecule has 7 atom stereocenters. The number of hydrogen-bond donors (Lipinski definition) is 2. The summed E-state index contributed by atoms with van der Waals surface area (Å²) in [6.07, 6.45) is 14.7. The van der Waals surface area contributed by atoms with Crippen LogP contribution >= 0.6 is 11.8 Å². The van der Waals surface area contributed by atoms with E-state index in [0.29, 0.717) is 11.8 Å². The molecule has 0 aliphatic heterocycles. The first-order chi connectivity index (χ1) is 13.8. The molecule has 5 rings (SSSR count). The van der Waals surface area contributed by atoms with Gasteiger partial charge >= 0.3 is 0 Å². The maximum atomic E-state index is 11.9. The van der Waals surface area contributed by atoms with Crippen LogP contribution in [0.3, 0.4) is 0 Å². The molecule has 0 unspecified atom stereocenters. The Labute approximate surface area is 179 Å². The summed E-state index contributed by atoms with van der Waals surface area (Å²) < 4.78 is 2.05. The quantitative estimate of drug-likeness (QED) is 0.560. The molecule has 3 saturated carbocycles. The van der Waals surface area contributed by atoms with Crippen molar-refractivity contribution < 1.29 is 10.2 Å². The predicted molar refractivity (Wildman–Crippen MR) is 117 cm³/mol. The molecule has 1 aromatic rings. The Morgan fingerprint density at radius 2 is 1.97 bits per heavy atom. The lowest BCUT2D eigenvalue weighted by molar-refractivity contribution is -0.113. The molecular formula is C24H36N2O2S. The summed E-state index contributed by atoms with van der Waals surface area (Å²) in [6.45, 7) is 4.86. The van der Waals surface area contributed by atoms with Crippen molar-refractivity contribution in [1.82, 2.24) is 9.55 Å². The van der Waals surface area contributed by atoms with Crippen molar-refractivity contribution in [3.05, 3.63) is 24.0 Å². The van der Waals surface area contributed by atoms with Crippen molar-refractivity contribution in [3.8, 4) is 0 Å². The molecule has 4 aliphatic carbocycles. The molecule has 0 radical (unpaired) electrons. The van der Waals surface area contributed by atoms with Crippen LogP contribution < -0.4 is 0 Å². The summed E-state index contributed by atoms with van der Waals surface area (Å²) in [7, 11) is 2.03. The number of aliphatic hydroxyl groups is 2. The fourth-order valence-electron chi connectivity index (χ4n) is 7.66. The maximum absolute atomic E-state index is 11.9. The highest BCUT2D eigenvalue weighted by molar-refractivity contribution is 7.99. The first-order valence-electron chi connectivity index (χ1n) is 11.5. The Kier molecular flexibility index (Phi) is 4.77. The lowest BCUT2D eigenvalue weighted by Gasteiger charge is -2.59. The molecule has 3 fully saturated rings. The predicted octanol–water partition coefficient (Wildman–Crippen LogP) is 4.57. The lowest BCUT2D eigenvalue weighted by atomic mass is 9.47. The van der Waals surface area contributed by atoms with Crippen molar-refractivity contribution >= 4 is 11.8 Å². The van der Waals surface area contributed by atoms with Crippen molar-refractivity contribution in [1.29, 1.82) is 0 Å². The number of hydrogen-bond acceptors (Lipinski definition) is 4. The van der Waals surface area contributed by atoms with E-state index in [1.165, 1.54) is 12.0 Å². The van der Waals surface area contributed by atoms with Crippen LogP contribution in [0.15, 0.2) is 29.2 Å². The second kappa shape index (κ2) is 6.86. The van der Waals surface area contributed by atoms with Gasteiger partial charge in [0, 0.05) is 30.6 Å². The Bertz CT molecular complexity index is 822. The van der Waals surface area contributed by atoms with Crippen LogP contribution in [0.4, 0.5) is 0 Å². The van der Waals surface area contributed by atoms with E-state index in [-0.39, 0.29) is 16.9 Å². The van der Waals surface area contributed by atoms with Gasteiger partial charge in [0.15, 0.2) is 5.16 Å². The second-order valence-electron chi connectivity index (χ2n) is 10.8. The fraction of sp³-hybridized carbons (Fsp3) is 0.792. The monoisotopic (exact) mass is 416 g/mol. The van der Waals surface area contributed by atoms with Gasteiger partial charge in [-0.1, -0.05) is 37.3 Å². The third-order valence-electron chi connectivity index (χ3n) is 9.62. The van der Waals surface area contributed by atoms with Gasteiger partial charge in [-0.2, -0.15) is 0 Å². The molecule has 160 valence electrons. The largest absolute Gasteiger partial charge is 0.393 e. The van der Waals surface area contributed by atoms with Gasteiger partial charge in [-0.25, -0.2) is 4.98 Å². The molecule has 2 N–H and O–H groups in total. The Morgan fingerprint density at radius 1 is 1.17 bits per heavy atom. The molecule has 0 bridgehead atoms. The van der Waals surface area contributed by atoms with Crippen molar-refractivity contribution in [2.45, 2.75) is 82.1 Å². The molecule has 1 aromatic heterocycles. The SMILES string of the molecule is Cn1ccnc1SC[C@]1(O)CC[C@H]2[C@@H]3CC=C4C[C@H](O)CC[C@]4(C)[C@H]3CC[C@@]21C. The highest BCUT2D eigenvalue weighted by Gasteiger charge is 2.63. The zero-order valence-corrected chi connectivity index (χ0v) is 18.9. The molecule has 0 saturated heterocycles. The van der Waals surface area contributed by atoms with Gasteiger partial charge in [-0.05, 0) is 74.5 Å². The Hall–Kier alpha value is -0.780. The van der Waals surface area contributed by atoms with E-state index in [1.54, 1.807) is 11.8 Å². The van der Waals surface area contributed by atoms with Crippen LogP contribution in [0.25, 0.3) is 0 Å². The average Bonchev–Trinajstić information content (AvgIpc) is 3.22. The normalized spacial score (nSPS) is 46.6. The summed E-state index contributed by atoms with van der Waals surface area (Å²) >= 11 is 1.71. The van der Waals surface area contributed by atoms with Gasteiger partial charge in [0.1, 0.15) is 0 Å². The van der Waals surface area contributed by atoms with E-state index < -0.39 is 5.60 Å². The number of fused-ring (bicyclic) bond motifs is 5. The highest BCUT2D eigenvalue weighted by atomic mass is 32.2. The maximum Gasteiger partial charge on any atom is 0.167 e. The first-order valence-corrected chi connectivity index (χ1v) is 12.5. The van der Waals surface area contributed by atoms with E-state index in [9.17, 15) is 10.2 Å². The minimum absolute atomic E-state index is 0.00220. The fourth-order valence-corrected chi connectivity index (χ4v) is 8.91. The third kappa shape index (κ3) is 2.90. The van der Waals surface area contributed by atoms with Crippen LogP contribution in [0.5, 0.6) is 0 Å². The number of aliphatic hydroxyl groups excluding tert-OH is 1. The van der Waals surface area contributed by atoms with E-state index in [1.807, 2.05) is 24.0 Å². The number of imidazole rings is 1. The summed E-state index contributed by atoms with van der Waals surface area (Å²) in [5.41, 5.74) is 1.20. The van der Waals surface area contributed by atoms with E-state index in [0.717, 1.165) is 61.8 Å². The van der Waals surface area contributed by atoms with E-state index in [4.69, 9.17) is 0 Å². The zero-order chi connectivity index (χ0) is 20.4. The number of nitrogens with zero attached hydrogens (tertiary/aromatic N) is 2. The van der Waals surface area contributed by atoms with Crippen LogP contribution in [0.2, 0.25) is 0 Å². The van der Waals surface area contributed by atoms with Gasteiger partial charge in [0.05, 0.1) is 11.7 Å². The lowest BCUT2D eigenvalue weighted by Crippen LogP contribution is -2.55. The van der Waals surface area contributed by atoms with Crippen LogP contribution in [0, 0.1) is 28.6 Å². The summed E-state index contributed by atoms with van der Waals surface area (Å²) in [5.74, 6) is 2.75. The first kappa shape index (κ1) is 20.1. The van der Waals surface area contributed by atoms with Gasteiger partial charge in [0.25, 0.3) is 0 Å². The van der Waals surface area contributed by atoms with Gasteiger partial charge < -0.3 is 14.8 Å². The molecule has 1 heterocycles. The van der Waals surface area contributed by atoms with Crippen molar-refractivity contribution in [3.63, 3.8) is 0 Å². The van der Waals surface area contributed by atoms with Crippen LogP contribution in [0.1, 0.15) is 65.2 Å². The molecule has 4 nitrogen and oxygen atoms in total. The molecule has 0 amide bonds. The third-order valence-corrected chi connectivity index (χ3v) is 10.9. The topological polar surface area (TPSA) is 58.3 Å². The summed E-state index contributed by atoms with van der Waals surface area (Å²) in [5, 5.41) is 23.0. The minimum atomic E-state index is -0.604. The summed E-state index contributed by atoms with van der Waals surface area (Å²) in [6, 6.07) is 0. The Balaban J connectivity index is 1.39. The van der Waals surface area contributed by atoms with E-state index in [2.05, 4.69) is 24.9 Å². The number of aromatic nitrogens is 2. The minimum Gasteiger partial charge on any atom is -0.393 e. The molecule has 4 aliphatic rings. The highest BCUT2D eigenvalue weighted by Crippen LogP contribution is 2.67. The van der Waals surface area contributed by atoms with Crippen LogP contribution in [-0.4, -0.2) is 37.2 Å². The molecule has 29 heavy (non-hydrogen) atoms. The standard InChI is InChI=1S/C24H36N2O2S/c1-22-9-6-17(27)14-16(22)4-5-18-19(22)7-10-23(2)20(18)8-11-24(23,28)15-29-21-25-12-13-26(21)3/h4,12-13,17-20,27-28H,5-11,14-15H2,1-3H3/t17-,18-,19+,20+,22+,23+,24-/m1/s1. The molecule has 0 aromatic carbocycles. The zero-order valence-electron chi connectivity index (χ0n) is 18.1. The van der Waals surface area contributed by atoms with Gasteiger partial charge in [-0.15, -0.1) is 0 Å². The second-order valence-corrected chi connectivity index (χ2v) is 11.7. The average molecular weight is 417 g/mol. The molecule has 0 spiro atoms. The smallest absolute Gasteiger partial charge is 0.167 e. The number of thioether (sulfide) groups is 1. The number of allylic oxidation sites excluding steroid dienone is 1. The molecular weight excluding hydrogens is 380 g/mol. The van der Waals surface area contributed by atoms with Crippen LogP contribution in [-0.2, 0) is 7.05 Å². The molecule has 5 heteroatoms. The van der Waals surface area contributed by atoms with Crippen molar-refractivity contribution in [2.24, 2.45) is 35.6 Å². The van der Waals surface area contributed by atoms with Gasteiger partial charge in [-0.3, -0.25) is 0 Å². The van der Waals surface area contributed by atoms with Gasteiger partial charge in [0.2, 0.25) is 0 Å². The van der Waals surface area contributed by atoms with E-state index >= 15 is 0 Å².